The second-order valence-electron chi connectivity index (χ2n) is 4.78. The largest absolute Gasteiger partial charge is 0.389 e. The molecule has 4 N–H and O–H groups in total. The number of carbonyl (C=O) groups excluding carboxylic acids is 1. The van der Waals surface area contributed by atoms with Crippen LogP contribution in [-0.4, -0.2) is 56.1 Å². The summed E-state index contributed by atoms with van der Waals surface area (Å²) in [5.74, 6) is -0.267. The van der Waals surface area contributed by atoms with Gasteiger partial charge in [0.1, 0.15) is 0 Å². The normalized spacial score (nSPS) is 12.8. The zero-order chi connectivity index (χ0) is 14.5. The Bertz CT molecular complexity index is 225. The van der Waals surface area contributed by atoms with Crippen LogP contribution < -0.4 is 11.1 Å². The molecule has 0 aromatic carbocycles. The van der Waals surface area contributed by atoms with Gasteiger partial charge < -0.3 is 25.6 Å². The third-order valence-electron chi connectivity index (χ3n) is 2.40. The van der Waals surface area contributed by atoms with Gasteiger partial charge in [0.15, 0.2) is 0 Å². The van der Waals surface area contributed by atoms with Crippen LogP contribution in [0.15, 0.2) is 0 Å². The monoisotopic (exact) mass is 276 g/mol. The summed E-state index contributed by atoms with van der Waals surface area (Å²) in [6.45, 7) is 6.53. The first-order valence-electron chi connectivity index (χ1n) is 6.88. The number of ether oxygens (including phenoxy) is 2. The van der Waals surface area contributed by atoms with Gasteiger partial charge in [-0.15, -0.1) is 0 Å². The van der Waals surface area contributed by atoms with Crippen LogP contribution in [-0.2, 0) is 14.3 Å². The zero-order valence-corrected chi connectivity index (χ0v) is 12.1. The molecule has 1 unspecified atom stereocenters. The van der Waals surface area contributed by atoms with Crippen molar-refractivity contribution >= 4 is 5.91 Å². The molecule has 0 radical (unpaired) electrons. The van der Waals surface area contributed by atoms with Crippen molar-refractivity contribution in [3.8, 4) is 0 Å². The van der Waals surface area contributed by atoms with Gasteiger partial charge in [-0.2, -0.15) is 0 Å². The van der Waals surface area contributed by atoms with Crippen LogP contribution in [0.4, 0.5) is 0 Å². The number of carbonyl (C=O) groups is 1. The van der Waals surface area contributed by atoms with Gasteiger partial charge in [0.05, 0.1) is 32.0 Å². The van der Waals surface area contributed by atoms with E-state index < -0.39 is 6.10 Å². The summed E-state index contributed by atoms with van der Waals surface area (Å²) >= 11 is 0. The fourth-order valence-corrected chi connectivity index (χ4v) is 1.44. The highest BCUT2D eigenvalue weighted by Gasteiger charge is 2.03. The molecule has 6 heteroatoms. The van der Waals surface area contributed by atoms with Crippen molar-refractivity contribution in [1.29, 1.82) is 0 Å². The van der Waals surface area contributed by atoms with Gasteiger partial charge in [-0.1, -0.05) is 0 Å². The average Bonchev–Trinajstić information content (AvgIpc) is 2.32. The summed E-state index contributed by atoms with van der Waals surface area (Å²) in [4.78, 5) is 10.5. The van der Waals surface area contributed by atoms with Gasteiger partial charge in [-0.3, -0.25) is 4.79 Å². The predicted octanol–water partition coefficient (Wildman–Crippen LogP) is 0.0341. The van der Waals surface area contributed by atoms with E-state index in [0.29, 0.717) is 32.8 Å². The number of primary amides is 1. The zero-order valence-electron chi connectivity index (χ0n) is 12.1. The van der Waals surface area contributed by atoms with Gasteiger partial charge >= 0.3 is 0 Å². The van der Waals surface area contributed by atoms with E-state index in [1.54, 1.807) is 0 Å². The summed E-state index contributed by atoms with van der Waals surface area (Å²) in [7, 11) is 0. The lowest BCUT2D eigenvalue weighted by atomic mass is 10.2. The van der Waals surface area contributed by atoms with Crippen molar-refractivity contribution in [2.45, 2.75) is 45.3 Å². The van der Waals surface area contributed by atoms with Crippen LogP contribution in [0.5, 0.6) is 0 Å². The Balaban J connectivity index is 3.21. The lowest BCUT2D eigenvalue weighted by Gasteiger charge is -2.13. The fraction of sp³-hybridized carbons (Fsp3) is 0.923. The molecule has 1 atom stereocenters. The SMILES string of the molecule is CC(C)OCCOCC(O)CNCCCCC(N)=O. The second kappa shape index (κ2) is 12.3. The van der Waals surface area contributed by atoms with E-state index in [0.717, 1.165) is 19.4 Å². The van der Waals surface area contributed by atoms with Crippen LogP contribution in [0.1, 0.15) is 33.1 Å². The first-order valence-corrected chi connectivity index (χ1v) is 6.88. The second-order valence-corrected chi connectivity index (χ2v) is 4.78. The lowest BCUT2D eigenvalue weighted by molar-refractivity contribution is -0.118. The van der Waals surface area contributed by atoms with E-state index in [2.05, 4.69) is 5.32 Å². The van der Waals surface area contributed by atoms with Crippen molar-refractivity contribution < 1.29 is 19.4 Å². The van der Waals surface area contributed by atoms with Crippen LogP contribution in [0, 0.1) is 0 Å². The fourth-order valence-electron chi connectivity index (χ4n) is 1.44. The van der Waals surface area contributed by atoms with Gasteiger partial charge in [0, 0.05) is 13.0 Å². The maximum atomic E-state index is 10.5. The van der Waals surface area contributed by atoms with E-state index >= 15 is 0 Å². The Morgan fingerprint density at radius 1 is 1.32 bits per heavy atom. The number of unbranched alkanes of at least 4 members (excludes halogenated alkanes) is 1. The van der Waals surface area contributed by atoms with Crippen molar-refractivity contribution in [3.05, 3.63) is 0 Å². The van der Waals surface area contributed by atoms with Crippen LogP contribution in [0.25, 0.3) is 0 Å². The molecule has 114 valence electrons. The smallest absolute Gasteiger partial charge is 0.217 e. The van der Waals surface area contributed by atoms with E-state index in [1.807, 2.05) is 13.8 Å². The molecule has 0 aliphatic rings. The highest BCUT2D eigenvalue weighted by molar-refractivity contribution is 5.73. The number of amides is 1. The molecule has 0 spiro atoms. The minimum absolute atomic E-state index is 0.204. The molecule has 0 saturated heterocycles. The van der Waals surface area contributed by atoms with E-state index in [4.69, 9.17) is 15.2 Å². The third-order valence-corrected chi connectivity index (χ3v) is 2.40. The molecule has 19 heavy (non-hydrogen) atoms. The van der Waals surface area contributed by atoms with E-state index in [9.17, 15) is 9.90 Å². The van der Waals surface area contributed by atoms with Crippen molar-refractivity contribution in [3.63, 3.8) is 0 Å². The van der Waals surface area contributed by atoms with Crippen LogP contribution in [0.3, 0.4) is 0 Å². The maximum Gasteiger partial charge on any atom is 0.217 e. The van der Waals surface area contributed by atoms with Crippen molar-refractivity contribution in [1.82, 2.24) is 5.32 Å². The number of aliphatic hydroxyl groups excluding tert-OH is 1. The molecule has 0 aromatic heterocycles. The molecule has 0 aliphatic carbocycles. The third kappa shape index (κ3) is 15.3. The Morgan fingerprint density at radius 2 is 2.05 bits per heavy atom. The average molecular weight is 276 g/mol. The maximum absolute atomic E-state index is 10.5. The number of nitrogens with one attached hydrogen (secondary N) is 1. The number of aliphatic hydroxyl groups is 1. The molecule has 0 rings (SSSR count). The quantitative estimate of drug-likeness (QED) is 0.413. The summed E-state index contributed by atoms with van der Waals surface area (Å²) in [6.07, 6.45) is 1.76. The predicted molar refractivity (Wildman–Crippen MR) is 73.8 cm³/mol. The topological polar surface area (TPSA) is 93.8 Å². The molecule has 0 aliphatic heterocycles. The van der Waals surface area contributed by atoms with Gasteiger partial charge in [0.25, 0.3) is 0 Å². The lowest BCUT2D eigenvalue weighted by Crippen LogP contribution is -2.31. The number of hydrogen-bond donors (Lipinski definition) is 3. The summed E-state index contributed by atoms with van der Waals surface area (Å²) in [5, 5.41) is 12.7. The molecule has 0 fully saturated rings. The van der Waals surface area contributed by atoms with E-state index in [-0.39, 0.29) is 12.0 Å². The summed E-state index contributed by atoms with van der Waals surface area (Å²) in [5.41, 5.74) is 5.03. The molecule has 0 bridgehead atoms. The minimum Gasteiger partial charge on any atom is -0.389 e. The molecular formula is C13H28N2O4. The Hall–Kier alpha value is -0.690. The Labute approximate surface area is 115 Å². The van der Waals surface area contributed by atoms with Gasteiger partial charge in [0.2, 0.25) is 5.91 Å². The highest BCUT2D eigenvalue weighted by Crippen LogP contribution is 1.93. The van der Waals surface area contributed by atoms with Gasteiger partial charge in [-0.25, -0.2) is 0 Å². The molecule has 0 heterocycles. The van der Waals surface area contributed by atoms with Crippen LogP contribution >= 0.6 is 0 Å². The first-order chi connectivity index (χ1) is 9.02. The highest BCUT2D eigenvalue weighted by atomic mass is 16.5. The summed E-state index contributed by atoms with van der Waals surface area (Å²) < 4.78 is 10.6. The minimum atomic E-state index is -0.518. The number of rotatable bonds is 13. The van der Waals surface area contributed by atoms with Gasteiger partial charge in [-0.05, 0) is 33.2 Å². The van der Waals surface area contributed by atoms with Crippen LogP contribution in [0.2, 0.25) is 0 Å². The Morgan fingerprint density at radius 3 is 2.68 bits per heavy atom. The Kier molecular flexibility index (Phi) is 11.9. The number of hydrogen-bond acceptors (Lipinski definition) is 5. The standard InChI is InChI=1S/C13H28N2O4/c1-11(2)19-8-7-18-10-12(16)9-15-6-4-3-5-13(14)17/h11-12,15-16H,3-10H2,1-2H3,(H2,14,17). The summed E-state index contributed by atoms with van der Waals surface area (Å²) in [6, 6.07) is 0. The molecule has 0 saturated carbocycles. The van der Waals surface area contributed by atoms with E-state index in [1.165, 1.54) is 0 Å². The van der Waals surface area contributed by atoms with Crippen molar-refractivity contribution in [2.24, 2.45) is 5.73 Å². The van der Waals surface area contributed by atoms with Crippen molar-refractivity contribution in [2.75, 3.05) is 32.9 Å². The number of nitrogens with two attached hydrogens (primary N) is 1. The molecule has 6 nitrogen and oxygen atoms in total. The molecule has 1 amide bonds. The molecule has 0 aromatic rings. The first kappa shape index (κ1) is 18.3. The molecular weight excluding hydrogens is 248 g/mol.